The molecule has 0 aromatic heterocycles. The molecule has 0 N–H and O–H groups in total. The molecule has 0 unspecified atom stereocenters. The number of hydrogen-bond donors (Lipinski definition) is 0. The third kappa shape index (κ3) is 3.00. The Morgan fingerprint density at radius 2 is 1.19 bits per heavy atom. The van der Waals surface area contributed by atoms with Crippen molar-refractivity contribution >= 4 is 115 Å². The van der Waals surface area contributed by atoms with Crippen LogP contribution in [0.4, 0.5) is 0 Å². The molecule has 0 bridgehead atoms. The topological polar surface area (TPSA) is 0 Å². The molecule has 0 spiro atoms. The monoisotopic (exact) mass is 641 g/mol. The number of hydrogen-bond acceptors (Lipinski definition) is 2. The minimum absolute atomic E-state index is 0.613. The first-order valence-corrected chi connectivity index (χ1v) is 14.7. The van der Waals surface area contributed by atoms with Gasteiger partial charge in [0, 0.05) is 0 Å². The summed E-state index contributed by atoms with van der Waals surface area (Å²) in [5.74, 6) is 2.68. The number of rotatable bonds is 0. The van der Waals surface area contributed by atoms with E-state index in [0.29, 0.717) is 59.8 Å². The molecule has 0 fully saturated rings. The zero-order valence-electron chi connectivity index (χ0n) is 7.62. The molecule has 0 aliphatic carbocycles. The van der Waals surface area contributed by atoms with E-state index >= 15 is 0 Å². The molecular formula is C8H4Br2S2Se4. The van der Waals surface area contributed by atoms with Gasteiger partial charge in [-0.3, -0.25) is 0 Å². The fraction of sp³-hybridized carbons (Fsp3) is 0.250. The second-order valence-electron chi connectivity index (χ2n) is 2.80. The molecule has 0 atom stereocenters. The van der Waals surface area contributed by atoms with Crippen LogP contribution in [0, 0.1) is 0 Å². The zero-order valence-corrected chi connectivity index (χ0v) is 19.3. The summed E-state index contributed by atoms with van der Waals surface area (Å²) >= 11 is 14.3. The summed E-state index contributed by atoms with van der Waals surface area (Å²) < 4.78 is 10.2. The predicted octanol–water partition coefficient (Wildman–Crippen LogP) is 2.48. The maximum absolute atomic E-state index is 3.70. The molecular weight excluding hydrogens is 636 g/mol. The molecule has 0 saturated carbocycles. The van der Waals surface area contributed by atoms with Crippen molar-refractivity contribution in [3.05, 3.63) is 21.1 Å². The summed E-state index contributed by atoms with van der Waals surface area (Å²) in [5, 5.41) is 0. The summed E-state index contributed by atoms with van der Waals surface area (Å²) in [6.07, 6.45) is 0. The average molecular weight is 640 g/mol. The van der Waals surface area contributed by atoms with Gasteiger partial charge in [-0.15, -0.1) is 0 Å². The Morgan fingerprint density at radius 1 is 0.750 bits per heavy atom. The predicted molar refractivity (Wildman–Crippen MR) is 86.9 cm³/mol. The van der Waals surface area contributed by atoms with E-state index in [1.165, 1.54) is 18.3 Å². The normalized spacial score (nSPS) is 25.9. The van der Waals surface area contributed by atoms with Crippen molar-refractivity contribution in [2.75, 3.05) is 11.5 Å². The van der Waals surface area contributed by atoms with E-state index in [1.54, 1.807) is 7.61 Å². The van der Waals surface area contributed by atoms with Gasteiger partial charge in [0.1, 0.15) is 0 Å². The summed E-state index contributed by atoms with van der Waals surface area (Å²) in [6, 6.07) is 0. The number of halogens is 2. The van der Waals surface area contributed by atoms with E-state index in [2.05, 4.69) is 55.4 Å². The molecule has 0 aromatic carbocycles. The van der Waals surface area contributed by atoms with Gasteiger partial charge in [0.25, 0.3) is 0 Å². The van der Waals surface area contributed by atoms with Crippen LogP contribution in [-0.2, 0) is 0 Å². The van der Waals surface area contributed by atoms with E-state index in [-0.39, 0.29) is 0 Å². The standard InChI is InChI=1S/C8H4Br2S2Se4/c9-3-4(10)14-7(13-3)8-15-5-6(16-8)12-2-1-11-5/h1-2H2. The molecule has 86 valence electrons. The maximum atomic E-state index is 3.70. The molecule has 16 heavy (non-hydrogen) atoms. The Morgan fingerprint density at radius 3 is 1.69 bits per heavy atom. The molecule has 3 heterocycles. The Balaban J connectivity index is 1.79. The van der Waals surface area contributed by atoms with Crippen LogP contribution in [0.3, 0.4) is 0 Å². The van der Waals surface area contributed by atoms with E-state index in [9.17, 15) is 0 Å². The van der Waals surface area contributed by atoms with Crippen molar-refractivity contribution in [3.63, 3.8) is 0 Å². The van der Waals surface area contributed by atoms with Crippen molar-refractivity contribution in [2.45, 2.75) is 0 Å². The van der Waals surface area contributed by atoms with Gasteiger partial charge in [0.05, 0.1) is 0 Å². The Kier molecular flexibility index (Phi) is 5.36. The van der Waals surface area contributed by atoms with Crippen LogP contribution in [-0.4, -0.2) is 71.3 Å². The summed E-state index contributed by atoms with van der Waals surface area (Å²) in [5.41, 5.74) is 0. The minimum atomic E-state index is 0.613. The van der Waals surface area contributed by atoms with Gasteiger partial charge >= 0.3 is 148 Å². The van der Waals surface area contributed by atoms with Gasteiger partial charge in [-0.2, -0.15) is 0 Å². The Hall–Kier alpha value is 2.96. The fourth-order valence-electron chi connectivity index (χ4n) is 1.15. The summed E-state index contributed by atoms with van der Waals surface area (Å²) in [6.45, 7) is 0. The molecule has 3 aliphatic rings. The van der Waals surface area contributed by atoms with Crippen molar-refractivity contribution in [1.29, 1.82) is 0 Å². The van der Waals surface area contributed by atoms with Crippen LogP contribution in [0.2, 0.25) is 0 Å². The second-order valence-corrected chi connectivity index (χ2v) is 21.3. The molecule has 3 rings (SSSR count). The van der Waals surface area contributed by atoms with Crippen molar-refractivity contribution in [1.82, 2.24) is 0 Å². The second kappa shape index (κ2) is 6.16. The van der Waals surface area contributed by atoms with Gasteiger partial charge in [0.2, 0.25) is 0 Å². The van der Waals surface area contributed by atoms with E-state index < -0.39 is 0 Å². The first-order chi connectivity index (χ1) is 7.74. The molecule has 3 aliphatic heterocycles. The van der Waals surface area contributed by atoms with Crippen LogP contribution < -0.4 is 0 Å². The number of thioether (sulfide) groups is 2. The van der Waals surface area contributed by atoms with Crippen molar-refractivity contribution in [3.8, 4) is 0 Å². The molecule has 8 heteroatoms. The van der Waals surface area contributed by atoms with Gasteiger partial charge in [-0.25, -0.2) is 0 Å². The Bertz CT molecular complexity index is 407. The van der Waals surface area contributed by atoms with Gasteiger partial charge in [-0.05, 0) is 0 Å². The molecule has 0 radical (unpaired) electrons. The average Bonchev–Trinajstić information content (AvgIpc) is 2.83. The van der Waals surface area contributed by atoms with Crippen LogP contribution in [0.5, 0.6) is 0 Å². The first-order valence-electron chi connectivity index (χ1n) is 4.25. The quantitative estimate of drug-likeness (QED) is 0.374. The fourth-order valence-corrected chi connectivity index (χ4v) is 25.9. The van der Waals surface area contributed by atoms with E-state index in [4.69, 9.17) is 0 Å². The third-order valence-electron chi connectivity index (χ3n) is 1.77. The van der Waals surface area contributed by atoms with Gasteiger partial charge in [-0.1, -0.05) is 0 Å². The third-order valence-corrected chi connectivity index (χ3v) is 25.1. The molecule has 0 saturated heterocycles. The molecule has 0 nitrogen and oxygen atoms in total. The molecule has 0 amide bonds. The van der Waals surface area contributed by atoms with Gasteiger partial charge < -0.3 is 0 Å². The van der Waals surface area contributed by atoms with Crippen LogP contribution in [0.1, 0.15) is 0 Å². The summed E-state index contributed by atoms with van der Waals surface area (Å²) in [7, 11) is 0. The van der Waals surface area contributed by atoms with Crippen LogP contribution >= 0.6 is 55.4 Å². The van der Waals surface area contributed by atoms with Crippen LogP contribution in [0.15, 0.2) is 21.1 Å². The first kappa shape index (κ1) is 13.9. The summed E-state index contributed by atoms with van der Waals surface area (Å²) in [4.78, 5) is 0. The van der Waals surface area contributed by atoms with E-state index in [0.717, 1.165) is 0 Å². The Labute approximate surface area is 145 Å². The van der Waals surface area contributed by atoms with Crippen LogP contribution in [0.25, 0.3) is 0 Å². The molecule has 0 aromatic rings. The van der Waals surface area contributed by atoms with Gasteiger partial charge in [0.15, 0.2) is 0 Å². The van der Waals surface area contributed by atoms with Crippen molar-refractivity contribution in [2.24, 2.45) is 0 Å². The SMILES string of the molecule is BrC1=C(Br)[Se]C(=C2[Se]C3=C(SCCS3)[Se]2)[Se]1. The zero-order chi connectivity index (χ0) is 11.1. The van der Waals surface area contributed by atoms with E-state index in [1.807, 2.05) is 6.74 Å². The van der Waals surface area contributed by atoms with Crippen molar-refractivity contribution < 1.29 is 0 Å².